The minimum atomic E-state index is -1.03. The van der Waals surface area contributed by atoms with Crippen molar-refractivity contribution in [2.24, 2.45) is 0 Å². The van der Waals surface area contributed by atoms with Gasteiger partial charge in [-0.2, -0.15) is 4.98 Å². The average Bonchev–Trinajstić information content (AvgIpc) is 3.50. The third kappa shape index (κ3) is 5.85. The van der Waals surface area contributed by atoms with E-state index in [9.17, 15) is 4.79 Å². The number of hydrogen-bond donors (Lipinski definition) is 1. The number of aromatic nitrogens is 4. The number of nitrogens with zero attached hydrogens (tertiary/aromatic N) is 4. The van der Waals surface area contributed by atoms with E-state index < -0.39 is 12.1 Å². The molecule has 1 aliphatic rings. The van der Waals surface area contributed by atoms with Gasteiger partial charge in [-0.1, -0.05) is 35.3 Å². The molecule has 0 saturated heterocycles. The maximum absolute atomic E-state index is 10.9. The van der Waals surface area contributed by atoms with Crippen LogP contribution in [0.5, 0.6) is 11.6 Å². The molecule has 0 spiro atoms. The summed E-state index contributed by atoms with van der Waals surface area (Å²) in [6.07, 6.45) is 2.50. The Labute approximate surface area is 229 Å². The van der Waals surface area contributed by atoms with Gasteiger partial charge >= 0.3 is 5.97 Å². The predicted octanol–water partition coefficient (Wildman–Crippen LogP) is 5.65. The summed E-state index contributed by atoms with van der Waals surface area (Å²) in [6, 6.07) is 12.9. The van der Waals surface area contributed by atoms with Crippen LogP contribution in [0.25, 0.3) is 22.6 Å². The van der Waals surface area contributed by atoms with Crippen molar-refractivity contribution in [1.29, 1.82) is 0 Å². The Morgan fingerprint density at radius 3 is 2.68 bits per heavy atom. The second kappa shape index (κ2) is 10.8. The zero-order chi connectivity index (χ0) is 26.9. The summed E-state index contributed by atoms with van der Waals surface area (Å²) >= 11 is 13.0. The van der Waals surface area contributed by atoms with E-state index in [2.05, 4.69) is 9.97 Å². The van der Waals surface area contributed by atoms with Gasteiger partial charge in [0.2, 0.25) is 5.88 Å². The first kappa shape index (κ1) is 26.2. The lowest BCUT2D eigenvalue weighted by Gasteiger charge is -2.13. The van der Waals surface area contributed by atoms with Crippen LogP contribution in [0.3, 0.4) is 0 Å². The maximum atomic E-state index is 10.9. The zero-order valence-electron chi connectivity index (χ0n) is 20.9. The molecule has 4 aromatic rings. The highest BCUT2D eigenvalue weighted by atomic mass is 35.5. The largest absolute Gasteiger partial charge is 0.491 e. The Morgan fingerprint density at radius 1 is 1.16 bits per heavy atom. The van der Waals surface area contributed by atoms with Crippen LogP contribution >= 0.6 is 23.2 Å². The molecule has 0 radical (unpaired) electrons. The van der Waals surface area contributed by atoms with E-state index in [-0.39, 0.29) is 18.8 Å². The lowest BCUT2D eigenvalue weighted by Crippen LogP contribution is -2.22. The van der Waals surface area contributed by atoms with Gasteiger partial charge in [0.15, 0.2) is 17.3 Å². The number of imidazole rings is 1. The summed E-state index contributed by atoms with van der Waals surface area (Å²) in [4.78, 5) is 24.7. The fraction of sp³-hybridized carbons (Fsp3) is 0.333. The summed E-state index contributed by atoms with van der Waals surface area (Å²) in [7, 11) is 0. The summed E-state index contributed by atoms with van der Waals surface area (Å²) in [6.45, 7) is 4.27. The Balaban J connectivity index is 1.47. The molecular weight excluding hydrogens is 531 g/mol. The third-order valence-corrected chi connectivity index (χ3v) is 6.82. The molecule has 1 fully saturated rings. The number of carboxylic acids is 1. The van der Waals surface area contributed by atoms with Gasteiger partial charge in [-0.15, -0.1) is 0 Å². The van der Waals surface area contributed by atoms with Gasteiger partial charge < -0.3 is 23.9 Å². The highest BCUT2D eigenvalue weighted by molar-refractivity contribution is 6.33. The molecule has 9 nitrogen and oxygen atoms in total. The smallest absolute Gasteiger partial charge is 0.332 e. The van der Waals surface area contributed by atoms with Crippen LogP contribution < -0.4 is 9.47 Å². The highest BCUT2D eigenvalue weighted by Gasteiger charge is 2.41. The van der Waals surface area contributed by atoms with Gasteiger partial charge in [-0.05, 0) is 62.6 Å². The van der Waals surface area contributed by atoms with Crippen LogP contribution in [0.2, 0.25) is 10.0 Å². The van der Waals surface area contributed by atoms with E-state index in [1.54, 1.807) is 12.1 Å². The van der Waals surface area contributed by atoms with Crippen molar-refractivity contribution in [1.82, 2.24) is 19.5 Å². The first-order valence-electron chi connectivity index (χ1n) is 12.1. The number of benzene rings is 2. The van der Waals surface area contributed by atoms with Crippen molar-refractivity contribution in [3.05, 3.63) is 64.4 Å². The van der Waals surface area contributed by atoms with E-state index in [1.807, 2.05) is 41.8 Å². The average molecular weight is 557 g/mol. The van der Waals surface area contributed by atoms with Crippen molar-refractivity contribution >= 4 is 40.3 Å². The number of aliphatic carboxylic acids is 1. The first-order chi connectivity index (χ1) is 18.2. The van der Waals surface area contributed by atoms with Gasteiger partial charge in [0.25, 0.3) is 0 Å². The minimum Gasteiger partial charge on any atom is -0.491 e. The van der Waals surface area contributed by atoms with Gasteiger partial charge in [0.1, 0.15) is 30.1 Å². The highest BCUT2D eigenvalue weighted by Crippen LogP contribution is 2.41. The molecule has 1 aliphatic carbocycles. The Kier molecular flexibility index (Phi) is 7.43. The molecule has 2 aromatic heterocycles. The van der Waals surface area contributed by atoms with Crippen molar-refractivity contribution in [2.75, 3.05) is 13.2 Å². The Hall–Kier alpha value is -3.40. The fourth-order valence-electron chi connectivity index (χ4n) is 3.90. The zero-order valence-corrected chi connectivity index (χ0v) is 22.4. The summed E-state index contributed by atoms with van der Waals surface area (Å²) in [5, 5.41) is 9.98. The molecule has 2 heterocycles. The summed E-state index contributed by atoms with van der Waals surface area (Å²) in [5.41, 5.74) is 2.59. The van der Waals surface area contributed by atoms with E-state index in [1.165, 1.54) is 13.3 Å². The van der Waals surface area contributed by atoms with E-state index in [0.29, 0.717) is 50.8 Å². The standard InChI is InChI=1S/C27H26Cl2N4O5/c1-16(26(34)35)36-10-11-37-19-6-7-20(21(29)13-19)23-32-22-24(30-15-31-25(22)38-27(2)8-9-27)33(23)14-17-4-3-5-18(28)12-17/h3-7,12-13,15-16H,8-11,14H2,1-2H3,(H,34,35)/t16-/m1/s1. The minimum absolute atomic E-state index is 0.128. The van der Waals surface area contributed by atoms with E-state index in [0.717, 1.165) is 18.4 Å². The third-order valence-electron chi connectivity index (χ3n) is 6.27. The number of hydrogen-bond acceptors (Lipinski definition) is 7. The van der Waals surface area contributed by atoms with Crippen molar-refractivity contribution in [3.8, 4) is 23.0 Å². The number of ether oxygens (including phenoxy) is 3. The van der Waals surface area contributed by atoms with Crippen LogP contribution in [0.15, 0.2) is 48.8 Å². The molecule has 1 saturated carbocycles. The van der Waals surface area contributed by atoms with Crippen LogP contribution in [0.4, 0.5) is 0 Å². The molecule has 0 aliphatic heterocycles. The van der Waals surface area contributed by atoms with E-state index >= 15 is 0 Å². The predicted molar refractivity (Wildman–Crippen MR) is 143 cm³/mol. The molecule has 198 valence electrons. The molecule has 5 rings (SSSR count). The number of halogens is 2. The summed E-state index contributed by atoms with van der Waals surface area (Å²) < 4.78 is 19.1. The molecule has 1 atom stereocenters. The molecule has 38 heavy (non-hydrogen) atoms. The normalized spacial score (nSPS) is 14.8. The summed E-state index contributed by atoms with van der Waals surface area (Å²) in [5.74, 6) is 0.532. The number of carbonyl (C=O) groups is 1. The quantitative estimate of drug-likeness (QED) is 0.236. The number of rotatable bonds is 11. The van der Waals surface area contributed by atoms with Crippen LogP contribution in [0, 0.1) is 0 Å². The van der Waals surface area contributed by atoms with Gasteiger partial charge in [0.05, 0.1) is 18.2 Å². The van der Waals surface area contributed by atoms with Crippen LogP contribution in [-0.4, -0.2) is 55.5 Å². The number of carboxylic acid groups (broad SMARTS) is 1. The molecule has 1 N–H and O–H groups in total. The van der Waals surface area contributed by atoms with Crippen molar-refractivity contribution in [2.45, 2.75) is 44.9 Å². The fourth-order valence-corrected chi connectivity index (χ4v) is 4.37. The molecule has 0 amide bonds. The molecule has 2 aromatic carbocycles. The maximum Gasteiger partial charge on any atom is 0.332 e. The van der Waals surface area contributed by atoms with E-state index in [4.69, 9.17) is 47.5 Å². The second-order valence-electron chi connectivity index (χ2n) is 9.40. The van der Waals surface area contributed by atoms with Gasteiger partial charge in [-0.3, -0.25) is 0 Å². The van der Waals surface area contributed by atoms with Crippen LogP contribution in [0.1, 0.15) is 32.3 Å². The van der Waals surface area contributed by atoms with Gasteiger partial charge in [0, 0.05) is 10.6 Å². The monoisotopic (exact) mass is 556 g/mol. The first-order valence-corrected chi connectivity index (χ1v) is 12.9. The molecular formula is C27H26Cl2N4O5. The van der Waals surface area contributed by atoms with Crippen molar-refractivity contribution < 1.29 is 24.1 Å². The second-order valence-corrected chi connectivity index (χ2v) is 10.2. The molecule has 11 heteroatoms. The Morgan fingerprint density at radius 2 is 1.97 bits per heavy atom. The van der Waals surface area contributed by atoms with Crippen molar-refractivity contribution in [3.63, 3.8) is 0 Å². The SMILES string of the molecule is C[C@@H](OCCOc1ccc(-c2nc3c(OC4(C)CC4)ncnc3n2Cc2cccc(Cl)c2)c(Cl)c1)C(=O)O. The molecule has 0 bridgehead atoms. The van der Waals surface area contributed by atoms with Crippen LogP contribution in [-0.2, 0) is 16.1 Å². The van der Waals surface area contributed by atoms with Gasteiger partial charge in [-0.25, -0.2) is 14.8 Å². The topological polar surface area (TPSA) is 109 Å². The Bertz CT molecular complexity index is 1490. The lowest BCUT2D eigenvalue weighted by molar-refractivity contribution is -0.149. The lowest BCUT2D eigenvalue weighted by atomic mass is 10.2. The molecule has 0 unspecified atom stereocenters. The number of fused-ring (bicyclic) bond motifs is 1.